The predicted octanol–water partition coefficient (Wildman–Crippen LogP) is 2.60. The summed E-state index contributed by atoms with van der Waals surface area (Å²) in [6.07, 6.45) is 1.68. The topological polar surface area (TPSA) is 37.4 Å². The average molecular weight is 237 g/mol. The van der Waals surface area contributed by atoms with E-state index in [0.717, 1.165) is 12.8 Å². The molecule has 96 valence electrons. The van der Waals surface area contributed by atoms with E-state index in [9.17, 15) is 9.59 Å². The van der Waals surface area contributed by atoms with E-state index in [1.165, 1.54) is 4.90 Å². The van der Waals surface area contributed by atoms with Gasteiger partial charge in [0.15, 0.2) is 0 Å². The van der Waals surface area contributed by atoms with E-state index >= 15 is 0 Å². The van der Waals surface area contributed by atoms with Gasteiger partial charge < -0.3 is 0 Å². The molecular weight excluding hydrogens is 214 g/mol. The van der Waals surface area contributed by atoms with Crippen molar-refractivity contribution >= 4 is 11.8 Å². The number of carbonyl (C=O) groups is 2. The summed E-state index contributed by atoms with van der Waals surface area (Å²) in [4.78, 5) is 26.7. The lowest BCUT2D eigenvalue weighted by molar-refractivity contribution is -0.174. The predicted molar refractivity (Wildman–Crippen MR) is 66.2 cm³/mol. The number of imide groups is 1. The van der Waals surface area contributed by atoms with Gasteiger partial charge in [-0.25, -0.2) is 0 Å². The first-order valence-electron chi connectivity index (χ1n) is 6.42. The van der Waals surface area contributed by atoms with Crippen molar-refractivity contribution in [3.63, 3.8) is 0 Å². The fraction of sp³-hybridized carbons (Fsp3) is 0.857. The lowest BCUT2D eigenvalue weighted by Gasteiger charge is -2.51. The van der Waals surface area contributed by atoms with E-state index in [4.69, 9.17) is 0 Å². The largest absolute Gasteiger partial charge is 0.277 e. The third kappa shape index (κ3) is 1.34. The van der Waals surface area contributed by atoms with Gasteiger partial charge in [-0.15, -0.1) is 0 Å². The Morgan fingerprint density at radius 1 is 1.18 bits per heavy atom. The maximum absolute atomic E-state index is 12.7. The zero-order valence-corrected chi connectivity index (χ0v) is 11.8. The van der Waals surface area contributed by atoms with Gasteiger partial charge in [-0.1, -0.05) is 20.8 Å². The molecule has 2 bridgehead atoms. The Hall–Kier alpha value is -0.860. The molecule has 0 aromatic carbocycles. The van der Waals surface area contributed by atoms with Gasteiger partial charge in [0.1, 0.15) is 0 Å². The van der Waals surface area contributed by atoms with Crippen LogP contribution in [0.5, 0.6) is 0 Å². The molecule has 3 heteroatoms. The first-order chi connectivity index (χ1) is 7.53. The molecule has 2 amide bonds. The molecule has 0 aromatic heterocycles. The van der Waals surface area contributed by atoms with Crippen molar-refractivity contribution in [1.29, 1.82) is 0 Å². The number of nitrogens with zero attached hydrogens (tertiary/aromatic N) is 1. The monoisotopic (exact) mass is 237 g/mol. The minimum Gasteiger partial charge on any atom is -0.277 e. The summed E-state index contributed by atoms with van der Waals surface area (Å²) in [5, 5.41) is 0. The van der Waals surface area contributed by atoms with E-state index < -0.39 is 5.54 Å². The summed E-state index contributed by atoms with van der Waals surface area (Å²) in [6, 6.07) is 0. The number of fused-ring (bicyclic) bond motifs is 2. The van der Waals surface area contributed by atoms with Crippen molar-refractivity contribution in [3.8, 4) is 0 Å². The number of likely N-dealkylation sites (tertiary alicyclic amines) is 1. The average Bonchev–Trinajstić information content (AvgIpc) is 2.29. The van der Waals surface area contributed by atoms with Crippen molar-refractivity contribution in [2.75, 3.05) is 0 Å². The Balaban J connectivity index is 2.54. The number of hydrogen-bond donors (Lipinski definition) is 0. The van der Waals surface area contributed by atoms with E-state index in [1.807, 2.05) is 27.7 Å². The molecule has 2 rings (SSSR count). The van der Waals surface area contributed by atoms with Crippen LogP contribution in [-0.4, -0.2) is 22.3 Å². The molecule has 2 aliphatic rings. The van der Waals surface area contributed by atoms with Gasteiger partial charge in [0.25, 0.3) is 0 Å². The molecule has 0 spiro atoms. The van der Waals surface area contributed by atoms with Crippen molar-refractivity contribution < 1.29 is 9.59 Å². The lowest BCUT2D eigenvalue weighted by Crippen LogP contribution is -2.63. The van der Waals surface area contributed by atoms with Crippen molar-refractivity contribution in [2.24, 2.45) is 16.7 Å². The Labute approximate surface area is 104 Å². The van der Waals surface area contributed by atoms with E-state index in [1.54, 1.807) is 0 Å². The van der Waals surface area contributed by atoms with Gasteiger partial charge in [-0.05, 0) is 39.0 Å². The van der Waals surface area contributed by atoms with Crippen LogP contribution in [0.2, 0.25) is 0 Å². The highest BCUT2D eigenvalue weighted by atomic mass is 16.2. The summed E-state index contributed by atoms with van der Waals surface area (Å²) in [5.74, 6) is 0.0562. The summed E-state index contributed by atoms with van der Waals surface area (Å²) in [5.41, 5.74) is -0.990. The van der Waals surface area contributed by atoms with Gasteiger partial charge in [-0.2, -0.15) is 0 Å². The first-order valence-corrected chi connectivity index (χ1v) is 6.42. The second-order valence-corrected chi connectivity index (χ2v) is 7.29. The highest BCUT2D eigenvalue weighted by Crippen LogP contribution is 2.60. The van der Waals surface area contributed by atoms with Gasteiger partial charge in [0.2, 0.25) is 11.8 Å². The van der Waals surface area contributed by atoms with Crippen LogP contribution in [0.25, 0.3) is 0 Å². The molecule has 1 saturated carbocycles. The molecular formula is C14H23NO2. The third-order valence-corrected chi connectivity index (χ3v) is 5.09. The van der Waals surface area contributed by atoms with Crippen LogP contribution in [0.4, 0.5) is 0 Å². The van der Waals surface area contributed by atoms with Crippen molar-refractivity contribution in [3.05, 3.63) is 0 Å². The molecule has 0 N–H and O–H groups in total. The smallest absolute Gasteiger partial charge is 0.236 e. The van der Waals surface area contributed by atoms with Crippen LogP contribution in [0.15, 0.2) is 0 Å². The van der Waals surface area contributed by atoms with Crippen LogP contribution in [0.3, 0.4) is 0 Å². The quantitative estimate of drug-likeness (QED) is 0.607. The Morgan fingerprint density at radius 3 is 2.18 bits per heavy atom. The first kappa shape index (κ1) is 12.6. The molecule has 3 nitrogen and oxygen atoms in total. The van der Waals surface area contributed by atoms with Crippen LogP contribution in [0, 0.1) is 16.7 Å². The number of hydrogen-bond acceptors (Lipinski definition) is 2. The molecule has 1 saturated heterocycles. The number of carbonyl (C=O) groups excluding carboxylic acids is 2. The molecule has 1 aliphatic heterocycles. The SMILES string of the molecule is CC(C)(C)N1C(=O)C2CCC(C)(C1=O)C2(C)C. The van der Waals surface area contributed by atoms with Crippen LogP contribution < -0.4 is 0 Å². The van der Waals surface area contributed by atoms with Crippen LogP contribution >= 0.6 is 0 Å². The Kier molecular flexibility index (Phi) is 2.31. The fourth-order valence-electron chi connectivity index (χ4n) is 3.45. The van der Waals surface area contributed by atoms with Gasteiger partial charge in [0, 0.05) is 11.5 Å². The van der Waals surface area contributed by atoms with Gasteiger partial charge in [-0.3, -0.25) is 14.5 Å². The number of piperidine rings is 1. The molecule has 0 aromatic rings. The molecule has 2 atom stereocenters. The number of amides is 2. The Morgan fingerprint density at radius 2 is 1.71 bits per heavy atom. The summed E-state index contributed by atoms with van der Waals surface area (Å²) in [7, 11) is 0. The minimum atomic E-state index is -0.408. The van der Waals surface area contributed by atoms with Crippen LogP contribution in [-0.2, 0) is 9.59 Å². The zero-order chi connectivity index (χ0) is 13.2. The highest BCUT2D eigenvalue weighted by Gasteiger charge is 2.65. The Bertz CT molecular complexity index is 392. The second-order valence-electron chi connectivity index (χ2n) is 7.29. The molecule has 1 heterocycles. The maximum atomic E-state index is 12.7. The van der Waals surface area contributed by atoms with Gasteiger partial charge >= 0.3 is 0 Å². The van der Waals surface area contributed by atoms with Crippen LogP contribution in [0.1, 0.15) is 54.4 Å². The maximum Gasteiger partial charge on any atom is 0.236 e. The minimum absolute atomic E-state index is 0.00410. The molecule has 1 aliphatic carbocycles. The second kappa shape index (κ2) is 3.12. The van der Waals surface area contributed by atoms with E-state index in [-0.39, 0.29) is 28.6 Å². The summed E-state index contributed by atoms with van der Waals surface area (Å²) in [6.45, 7) is 12.0. The standard InChI is InChI=1S/C14H23NO2/c1-12(2,3)15-10(16)9-7-8-14(6,11(15)17)13(9,4)5/h9H,7-8H2,1-6H3. The summed E-state index contributed by atoms with van der Waals surface area (Å²) < 4.78 is 0. The number of rotatable bonds is 0. The lowest BCUT2D eigenvalue weighted by atomic mass is 9.62. The zero-order valence-electron chi connectivity index (χ0n) is 11.8. The third-order valence-electron chi connectivity index (χ3n) is 5.09. The molecule has 17 heavy (non-hydrogen) atoms. The highest BCUT2D eigenvalue weighted by molar-refractivity contribution is 6.04. The summed E-state index contributed by atoms with van der Waals surface area (Å²) >= 11 is 0. The van der Waals surface area contributed by atoms with Crippen molar-refractivity contribution in [1.82, 2.24) is 4.90 Å². The van der Waals surface area contributed by atoms with E-state index in [2.05, 4.69) is 13.8 Å². The molecule has 2 unspecified atom stereocenters. The fourth-order valence-corrected chi connectivity index (χ4v) is 3.45. The van der Waals surface area contributed by atoms with E-state index in [0.29, 0.717) is 0 Å². The van der Waals surface area contributed by atoms with Gasteiger partial charge in [0.05, 0.1) is 5.41 Å². The molecule has 2 fully saturated rings. The normalized spacial score (nSPS) is 36.6. The molecule has 0 radical (unpaired) electrons. The van der Waals surface area contributed by atoms with Crippen molar-refractivity contribution in [2.45, 2.75) is 59.9 Å².